The lowest BCUT2D eigenvalue weighted by Crippen LogP contribution is -2.21. The fraction of sp³-hybridized carbons (Fsp3) is 0.261. The number of nitrogens with one attached hydrogen (secondary N) is 1. The van der Waals surface area contributed by atoms with Crippen molar-refractivity contribution in [1.29, 1.82) is 0 Å². The van der Waals surface area contributed by atoms with E-state index in [1.807, 2.05) is 42.5 Å². The number of carbonyl (C=O) groups excluding carboxylic acids is 1. The molecule has 4 rings (SSSR count). The first-order chi connectivity index (χ1) is 14.6. The summed E-state index contributed by atoms with van der Waals surface area (Å²) in [6.45, 7) is 0. The lowest BCUT2D eigenvalue weighted by atomic mass is 9.82. The van der Waals surface area contributed by atoms with Gasteiger partial charge in [0.2, 0.25) is 5.95 Å². The third-order valence-electron chi connectivity index (χ3n) is 5.26. The largest absolute Gasteiger partial charge is 0.497 e. The maximum atomic E-state index is 12.7. The van der Waals surface area contributed by atoms with E-state index in [1.54, 1.807) is 27.5 Å². The Hall–Kier alpha value is -3.61. The molecule has 1 aliphatic rings. The zero-order valence-electron chi connectivity index (χ0n) is 17.1. The predicted octanol–water partition coefficient (Wildman–Crippen LogP) is 4.16. The number of ether oxygens (including phenoxy) is 3. The smallest absolute Gasteiger partial charge is 0.227 e. The first-order valence-electron chi connectivity index (χ1n) is 9.63. The molecule has 0 radical (unpaired) electrons. The number of ketones is 1. The number of anilines is 2. The van der Waals surface area contributed by atoms with Crippen LogP contribution in [0.3, 0.4) is 0 Å². The second kappa shape index (κ2) is 8.41. The molecule has 1 aromatic heterocycles. The fourth-order valence-corrected chi connectivity index (χ4v) is 3.65. The number of benzene rings is 2. The molecule has 1 N–H and O–H groups in total. The van der Waals surface area contributed by atoms with Gasteiger partial charge in [0.15, 0.2) is 17.3 Å². The van der Waals surface area contributed by atoms with Crippen LogP contribution >= 0.6 is 0 Å². The van der Waals surface area contributed by atoms with Gasteiger partial charge in [-0.15, -0.1) is 0 Å². The lowest BCUT2D eigenvalue weighted by molar-refractivity contribution is 0.0962. The molecule has 0 amide bonds. The van der Waals surface area contributed by atoms with Crippen LogP contribution in [-0.4, -0.2) is 37.1 Å². The van der Waals surface area contributed by atoms with Gasteiger partial charge in [-0.3, -0.25) is 4.79 Å². The number of Topliss-reactive ketones (excluding diaryl/α,β-unsaturated/α-hetero) is 1. The third-order valence-corrected chi connectivity index (χ3v) is 5.26. The summed E-state index contributed by atoms with van der Waals surface area (Å²) in [5, 5.41) is 3.18. The second-order valence-electron chi connectivity index (χ2n) is 7.05. The average molecular weight is 405 g/mol. The summed E-state index contributed by atoms with van der Waals surface area (Å²) in [5.41, 5.74) is 3.20. The van der Waals surface area contributed by atoms with Gasteiger partial charge in [-0.25, -0.2) is 9.97 Å². The molecule has 0 bridgehead atoms. The van der Waals surface area contributed by atoms with E-state index in [9.17, 15) is 4.79 Å². The molecule has 154 valence electrons. The van der Waals surface area contributed by atoms with Crippen molar-refractivity contribution in [3.63, 3.8) is 0 Å². The topological polar surface area (TPSA) is 82.6 Å². The minimum atomic E-state index is 0.0218. The Morgan fingerprint density at radius 2 is 1.70 bits per heavy atom. The van der Waals surface area contributed by atoms with Gasteiger partial charge in [0.05, 0.1) is 32.6 Å². The van der Waals surface area contributed by atoms with Crippen molar-refractivity contribution >= 4 is 17.4 Å². The van der Waals surface area contributed by atoms with Crippen molar-refractivity contribution in [1.82, 2.24) is 9.97 Å². The highest BCUT2D eigenvalue weighted by atomic mass is 16.5. The Kier molecular flexibility index (Phi) is 5.52. The van der Waals surface area contributed by atoms with Crippen LogP contribution in [0.1, 0.15) is 34.0 Å². The van der Waals surface area contributed by atoms with E-state index >= 15 is 0 Å². The van der Waals surface area contributed by atoms with Crippen LogP contribution < -0.4 is 19.5 Å². The maximum Gasteiger partial charge on any atom is 0.227 e. The summed E-state index contributed by atoms with van der Waals surface area (Å²) in [7, 11) is 4.83. The molecule has 7 nitrogen and oxygen atoms in total. The maximum absolute atomic E-state index is 12.7. The van der Waals surface area contributed by atoms with Crippen LogP contribution in [0.4, 0.5) is 11.6 Å². The summed E-state index contributed by atoms with van der Waals surface area (Å²) in [5.74, 6) is 2.62. The molecular formula is C23H23N3O4. The fourth-order valence-electron chi connectivity index (χ4n) is 3.65. The molecule has 0 fully saturated rings. The van der Waals surface area contributed by atoms with Gasteiger partial charge in [0.1, 0.15) is 5.75 Å². The number of hydrogen-bond acceptors (Lipinski definition) is 7. The summed E-state index contributed by atoms with van der Waals surface area (Å²) in [4.78, 5) is 21.7. The number of methoxy groups -OCH3 is 3. The lowest BCUT2D eigenvalue weighted by Gasteiger charge is -2.24. The molecule has 1 aliphatic carbocycles. The molecule has 1 atom stereocenters. The van der Waals surface area contributed by atoms with E-state index in [1.165, 1.54) is 0 Å². The summed E-state index contributed by atoms with van der Waals surface area (Å²) in [6, 6.07) is 13.3. The molecule has 1 unspecified atom stereocenters. The highest BCUT2D eigenvalue weighted by Crippen LogP contribution is 2.36. The van der Waals surface area contributed by atoms with Gasteiger partial charge in [-0.2, -0.15) is 0 Å². The molecule has 0 saturated heterocycles. The molecule has 0 saturated carbocycles. The van der Waals surface area contributed by atoms with Gasteiger partial charge in [-0.1, -0.05) is 6.07 Å². The van der Waals surface area contributed by atoms with Crippen molar-refractivity contribution in [3.8, 4) is 17.2 Å². The molecule has 0 spiro atoms. The number of hydrogen-bond donors (Lipinski definition) is 1. The van der Waals surface area contributed by atoms with Crippen molar-refractivity contribution in [2.24, 2.45) is 0 Å². The minimum Gasteiger partial charge on any atom is -0.497 e. The number of fused-ring (bicyclic) bond motifs is 1. The van der Waals surface area contributed by atoms with E-state index in [-0.39, 0.29) is 11.7 Å². The van der Waals surface area contributed by atoms with E-state index in [0.29, 0.717) is 35.9 Å². The van der Waals surface area contributed by atoms with Crippen LogP contribution in [0.5, 0.6) is 17.2 Å². The summed E-state index contributed by atoms with van der Waals surface area (Å²) < 4.78 is 15.9. The Morgan fingerprint density at radius 1 is 0.933 bits per heavy atom. The van der Waals surface area contributed by atoms with Gasteiger partial charge in [0.25, 0.3) is 0 Å². The molecule has 0 aliphatic heterocycles. The van der Waals surface area contributed by atoms with Crippen LogP contribution in [0.25, 0.3) is 0 Å². The molecular weight excluding hydrogens is 382 g/mol. The predicted molar refractivity (Wildman–Crippen MR) is 113 cm³/mol. The number of rotatable bonds is 6. The van der Waals surface area contributed by atoms with E-state index in [0.717, 1.165) is 22.7 Å². The van der Waals surface area contributed by atoms with E-state index < -0.39 is 0 Å². The van der Waals surface area contributed by atoms with E-state index in [2.05, 4.69) is 15.3 Å². The van der Waals surface area contributed by atoms with Gasteiger partial charge in [-0.05, 0) is 54.3 Å². The Bertz CT molecular complexity index is 1070. The second-order valence-corrected chi connectivity index (χ2v) is 7.05. The summed E-state index contributed by atoms with van der Waals surface area (Å²) in [6.07, 6.45) is 2.68. The third kappa shape index (κ3) is 3.91. The Morgan fingerprint density at radius 3 is 2.40 bits per heavy atom. The molecule has 1 heterocycles. The van der Waals surface area contributed by atoms with Crippen LogP contribution in [0.15, 0.2) is 48.7 Å². The van der Waals surface area contributed by atoms with Gasteiger partial charge >= 0.3 is 0 Å². The number of aromatic nitrogens is 2. The molecule has 2 aromatic carbocycles. The normalized spacial score (nSPS) is 15.3. The zero-order chi connectivity index (χ0) is 21.1. The monoisotopic (exact) mass is 405 g/mol. The zero-order valence-corrected chi connectivity index (χ0v) is 17.1. The van der Waals surface area contributed by atoms with Crippen LogP contribution in [0, 0.1) is 0 Å². The molecule has 7 heteroatoms. The number of nitrogens with zero attached hydrogens (tertiary/aromatic N) is 2. The Balaban J connectivity index is 1.58. The van der Waals surface area contributed by atoms with E-state index in [4.69, 9.17) is 14.2 Å². The first kappa shape index (κ1) is 19.7. The first-order valence-corrected chi connectivity index (χ1v) is 9.63. The van der Waals surface area contributed by atoms with Crippen LogP contribution in [-0.2, 0) is 6.42 Å². The average Bonchev–Trinajstić information content (AvgIpc) is 2.78. The van der Waals surface area contributed by atoms with Crippen molar-refractivity contribution in [2.75, 3.05) is 26.6 Å². The quantitative estimate of drug-likeness (QED) is 0.659. The van der Waals surface area contributed by atoms with Crippen LogP contribution in [0.2, 0.25) is 0 Å². The summed E-state index contributed by atoms with van der Waals surface area (Å²) >= 11 is 0. The van der Waals surface area contributed by atoms with Crippen molar-refractivity contribution in [3.05, 3.63) is 65.5 Å². The highest BCUT2D eigenvalue weighted by Gasteiger charge is 2.28. The molecule has 3 aromatic rings. The number of carbonyl (C=O) groups is 1. The van der Waals surface area contributed by atoms with Crippen molar-refractivity contribution < 1.29 is 19.0 Å². The van der Waals surface area contributed by atoms with Gasteiger partial charge in [0, 0.05) is 18.3 Å². The Labute approximate surface area is 175 Å². The minimum absolute atomic E-state index is 0.0218. The van der Waals surface area contributed by atoms with Crippen molar-refractivity contribution in [2.45, 2.75) is 18.8 Å². The molecule has 30 heavy (non-hydrogen) atoms. The highest BCUT2D eigenvalue weighted by molar-refractivity contribution is 5.98. The SMILES string of the molecule is COc1ccc(Nc2ncc3c(n2)CC(c2ccc(OC)c(OC)c2)CC3=O)cc1. The van der Waals surface area contributed by atoms with Gasteiger partial charge < -0.3 is 19.5 Å². The standard InChI is InChI=1S/C23H23N3O4/c1-28-17-7-5-16(6-8-17)25-23-24-13-18-19(26-23)10-15(11-20(18)27)14-4-9-21(29-2)22(12-14)30-3/h4-9,12-13,15H,10-11H2,1-3H3,(H,24,25,26).